The van der Waals surface area contributed by atoms with Crippen molar-refractivity contribution in [2.45, 2.75) is 13.5 Å². The number of aromatic nitrogens is 2. The van der Waals surface area contributed by atoms with Gasteiger partial charge in [0.05, 0.1) is 12.7 Å². The first-order chi connectivity index (χ1) is 12.6. The average molecular weight is 410 g/mol. The second-order valence-electron chi connectivity index (χ2n) is 6.01. The van der Waals surface area contributed by atoms with E-state index in [0.717, 1.165) is 21.0 Å². The Kier molecular flexibility index (Phi) is 4.34. The second-order valence-corrected chi connectivity index (χ2v) is 6.93. The molecule has 0 fully saturated rings. The molecule has 26 heavy (non-hydrogen) atoms. The van der Waals surface area contributed by atoms with E-state index >= 15 is 0 Å². The lowest BCUT2D eigenvalue weighted by molar-refractivity contribution is 0.0997. The average Bonchev–Trinajstić information content (AvgIpc) is 3.20. The number of carbonyl (C=O) groups excluding carboxylic acids is 1. The molecule has 0 unspecified atom stereocenters. The number of furan rings is 1. The van der Waals surface area contributed by atoms with Crippen molar-refractivity contribution < 1.29 is 9.21 Å². The van der Waals surface area contributed by atoms with Crippen LogP contribution in [0.1, 0.15) is 21.7 Å². The van der Waals surface area contributed by atoms with Crippen LogP contribution in [-0.4, -0.2) is 15.7 Å². The summed E-state index contributed by atoms with van der Waals surface area (Å²) in [5.41, 5.74) is 2.62. The van der Waals surface area contributed by atoms with Crippen LogP contribution in [0.25, 0.3) is 11.0 Å². The molecular weight excluding hydrogens is 394 g/mol. The summed E-state index contributed by atoms with van der Waals surface area (Å²) in [6, 6.07) is 17.4. The highest BCUT2D eigenvalue weighted by Gasteiger charge is 2.18. The van der Waals surface area contributed by atoms with E-state index in [2.05, 4.69) is 26.3 Å². The minimum absolute atomic E-state index is 0.283. The van der Waals surface area contributed by atoms with E-state index < -0.39 is 0 Å². The molecule has 2 heterocycles. The van der Waals surface area contributed by atoms with Crippen LogP contribution in [0.3, 0.4) is 0 Å². The number of fused-ring (bicyclic) bond motifs is 1. The Morgan fingerprint density at radius 3 is 2.85 bits per heavy atom. The maximum atomic E-state index is 12.7. The molecular formula is C20H16BrN3O2. The molecule has 0 aliphatic rings. The Labute approximate surface area is 158 Å². The molecule has 2 aromatic heterocycles. The van der Waals surface area contributed by atoms with Crippen LogP contribution in [0.4, 0.5) is 5.82 Å². The summed E-state index contributed by atoms with van der Waals surface area (Å²) in [7, 11) is 0. The van der Waals surface area contributed by atoms with Gasteiger partial charge in [-0.25, -0.2) is 4.68 Å². The predicted molar refractivity (Wildman–Crippen MR) is 104 cm³/mol. The first kappa shape index (κ1) is 16.6. The summed E-state index contributed by atoms with van der Waals surface area (Å²) in [5.74, 6) is 0.658. The van der Waals surface area contributed by atoms with Crippen LogP contribution in [0.15, 0.2) is 69.7 Å². The zero-order chi connectivity index (χ0) is 18.1. The molecule has 1 N–H and O–H groups in total. The molecule has 130 valence electrons. The number of nitrogens with zero attached hydrogens (tertiary/aromatic N) is 2. The van der Waals surface area contributed by atoms with E-state index in [1.807, 2.05) is 55.5 Å². The Bertz CT molecular complexity index is 1100. The smallest absolute Gasteiger partial charge is 0.292 e. The van der Waals surface area contributed by atoms with Crippen molar-refractivity contribution in [3.63, 3.8) is 0 Å². The third kappa shape index (κ3) is 3.15. The highest BCUT2D eigenvalue weighted by atomic mass is 79.9. The van der Waals surface area contributed by atoms with Gasteiger partial charge in [0.25, 0.3) is 5.91 Å². The van der Waals surface area contributed by atoms with E-state index in [-0.39, 0.29) is 5.91 Å². The number of halogens is 1. The number of amides is 1. The monoisotopic (exact) mass is 409 g/mol. The summed E-state index contributed by atoms with van der Waals surface area (Å²) < 4.78 is 8.49. The van der Waals surface area contributed by atoms with Crippen molar-refractivity contribution in [2.24, 2.45) is 0 Å². The number of carbonyl (C=O) groups is 1. The summed E-state index contributed by atoms with van der Waals surface area (Å²) in [4.78, 5) is 12.7. The highest BCUT2D eigenvalue weighted by Crippen LogP contribution is 2.25. The fourth-order valence-corrected chi connectivity index (χ4v) is 3.38. The maximum Gasteiger partial charge on any atom is 0.292 e. The maximum absolute atomic E-state index is 12.7. The van der Waals surface area contributed by atoms with Gasteiger partial charge in [0, 0.05) is 21.5 Å². The Morgan fingerprint density at radius 1 is 1.19 bits per heavy atom. The number of nitrogens with one attached hydrogen (secondary N) is 1. The number of benzene rings is 2. The molecule has 0 spiro atoms. The summed E-state index contributed by atoms with van der Waals surface area (Å²) >= 11 is 3.47. The molecule has 0 aliphatic carbocycles. The Hall–Kier alpha value is -2.86. The topological polar surface area (TPSA) is 60.1 Å². The third-order valence-electron chi connectivity index (χ3n) is 4.23. The zero-order valence-corrected chi connectivity index (χ0v) is 15.7. The lowest BCUT2D eigenvalue weighted by Crippen LogP contribution is -2.16. The van der Waals surface area contributed by atoms with Gasteiger partial charge in [0.1, 0.15) is 11.4 Å². The minimum atomic E-state index is -0.283. The van der Waals surface area contributed by atoms with Gasteiger partial charge >= 0.3 is 0 Å². The molecule has 6 heteroatoms. The van der Waals surface area contributed by atoms with Gasteiger partial charge in [-0.2, -0.15) is 5.10 Å². The quantitative estimate of drug-likeness (QED) is 0.515. The van der Waals surface area contributed by atoms with Crippen molar-refractivity contribution in [1.82, 2.24) is 9.78 Å². The van der Waals surface area contributed by atoms with Crippen LogP contribution < -0.4 is 5.32 Å². The number of hydrogen-bond acceptors (Lipinski definition) is 3. The van der Waals surface area contributed by atoms with E-state index in [9.17, 15) is 4.79 Å². The summed E-state index contributed by atoms with van der Waals surface area (Å²) in [6.45, 7) is 2.45. The van der Waals surface area contributed by atoms with Crippen LogP contribution in [0.2, 0.25) is 0 Å². The van der Waals surface area contributed by atoms with Gasteiger partial charge in [-0.05, 0) is 30.7 Å². The highest BCUT2D eigenvalue weighted by molar-refractivity contribution is 9.10. The number of aryl methyl sites for hydroxylation is 1. The van der Waals surface area contributed by atoms with Crippen LogP contribution in [0, 0.1) is 6.92 Å². The van der Waals surface area contributed by atoms with E-state index in [1.54, 1.807) is 16.9 Å². The predicted octanol–water partition coefficient (Wildman–Crippen LogP) is 5.00. The molecule has 0 atom stereocenters. The normalized spacial score (nSPS) is 11.0. The molecule has 0 bridgehead atoms. The molecule has 2 aromatic carbocycles. The van der Waals surface area contributed by atoms with Gasteiger partial charge in [0.2, 0.25) is 0 Å². The van der Waals surface area contributed by atoms with E-state index in [0.29, 0.717) is 23.7 Å². The first-order valence-corrected chi connectivity index (χ1v) is 8.97. The molecule has 1 amide bonds. The van der Waals surface area contributed by atoms with Crippen molar-refractivity contribution in [3.8, 4) is 0 Å². The summed E-state index contributed by atoms with van der Waals surface area (Å²) in [6.07, 6.45) is 1.67. The SMILES string of the molecule is Cc1c(C(=O)Nc2ccnn2Cc2cccc(Br)c2)oc2ccccc12. The third-order valence-corrected chi connectivity index (χ3v) is 4.72. The van der Waals surface area contributed by atoms with Crippen molar-refractivity contribution >= 4 is 38.6 Å². The summed E-state index contributed by atoms with van der Waals surface area (Å²) in [5, 5.41) is 8.15. The van der Waals surface area contributed by atoms with Crippen molar-refractivity contribution in [2.75, 3.05) is 5.32 Å². The Balaban J connectivity index is 1.58. The van der Waals surface area contributed by atoms with E-state index in [4.69, 9.17) is 4.42 Å². The number of anilines is 1. The van der Waals surface area contributed by atoms with Crippen molar-refractivity contribution in [1.29, 1.82) is 0 Å². The molecule has 4 aromatic rings. The molecule has 0 radical (unpaired) electrons. The molecule has 5 nitrogen and oxygen atoms in total. The van der Waals surface area contributed by atoms with Crippen LogP contribution in [0.5, 0.6) is 0 Å². The number of rotatable bonds is 4. The number of hydrogen-bond donors (Lipinski definition) is 1. The van der Waals surface area contributed by atoms with Gasteiger partial charge in [-0.1, -0.05) is 46.3 Å². The van der Waals surface area contributed by atoms with Crippen LogP contribution >= 0.6 is 15.9 Å². The second kappa shape index (κ2) is 6.80. The largest absolute Gasteiger partial charge is 0.451 e. The lowest BCUT2D eigenvalue weighted by atomic mass is 10.1. The van der Waals surface area contributed by atoms with Crippen molar-refractivity contribution in [3.05, 3.63) is 82.2 Å². The zero-order valence-electron chi connectivity index (χ0n) is 14.1. The molecule has 0 aliphatic heterocycles. The molecule has 4 rings (SSSR count). The lowest BCUT2D eigenvalue weighted by Gasteiger charge is -2.09. The van der Waals surface area contributed by atoms with Gasteiger partial charge in [0.15, 0.2) is 5.76 Å². The van der Waals surface area contributed by atoms with Crippen LogP contribution in [-0.2, 0) is 6.54 Å². The van der Waals surface area contributed by atoms with E-state index in [1.165, 1.54) is 0 Å². The fourth-order valence-electron chi connectivity index (χ4n) is 2.94. The minimum Gasteiger partial charge on any atom is -0.451 e. The fraction of sp³-hybridized carbons (Fsp3) is 0.100. The standard InChI is InChI=1S/C20H16BrN3O2/c1-13-16-7-2-3-8-17(16)26-19(13)20(25)23-18-9-10-22-24(18)12-14-5-4-6-15(21)11-14/h2-11H,12H2,1H3,(H,23,25). The first-order valence-electron chi connectivity index (χ1n) is 8.17. The van der Waals surface area contributed by atoms with Gasteiger partial charge in [-0.3, -0.25) is 4.79 Å². The van der Waals surface area contributed by atoms with Gasteiger partial charge in [-0.15, -0.1) is 0 Å². The molecule has 0 saturated carbocycles. The molecule has 0 saturated heterocycles. The number of para-hydroxylation sites is 1. The van der Waals surface area contributed by atoms with Gasteiger partial charge < -0.3 is 9.73 Å². The Morgan fingerprint density at radius 2 is 2.04 bits per heavy atom.